The van der Waals surface area contributed by atoms with Gasteiger partial charge in [0.25, 0.3) is 11.8 Å². The summed E-state index contributed by atoms with van der Waals surface area (Å²) in [5.41, 5.74) is 0. The second-order valence-electron chi connectivity index (χ2n) is 34.4. The highest BCUT2D eigenvalue weighted by Gasteiger charge is 2.56. The number of imide groups is 1. The molecule has 37 atom stereocenters. The molecule has 29 N–H and O–H groups in total. The average molecular weight is 1990 g/mol. The first-order chi connectivity index (χ1) is 65.3. The van der Waals surface area contributed by atoms with Crippen LogP contribution in [-0.2, 0) is 119 Å². The molecule has 55 nitrogen and oxygen atoms in total. The molecule has 0 aromatic heterocycles. The highest BCUT2D eigenvalue weighted by atomic mass is 16.8. The van der Waals surface area contributed by atoms with E-state index in [4.69, 9.17) is 71.2 Å². The number of amides is 7. The van der Waals surface area contributed by atoms with E-state index < -0.39 is 340 Å². The molecule has 8 heterocycles. The molecule has 8 aliphatic rings. The van der Waals surface area contributed by atoms with Crippen LogP contribution in [0.25, 0.3) is 0 Å². The van der Waals surface area contributed by atoms with Crippen LogP contribution in [0.1, 0.15) is 141 Å². The van der Waals surface area contributed by atoms with Gasteiger partial charge in [0, 0.05) is 83.8 Å². The van der Waals surface area contributed by atoms with Gasteiger partial charge in [-0.1, -0.05) is 19.3 Å². The van der Waals surface area contributed by atoms with Crippen LogP contribution in [0, 0.1) is 0 Å². The maximum absolute atomic E-state index is 13.8. The van der Waals surface area contributed by atoms with Crippen LogP contribution in [-0.4, -0.2) is 499 Å². The summed E-state index contributed by atoms with van der Waals surface area (Å²) in [7, 11) is 0. The van der Waals surface area contributed by atoms with Crippen LogP contribution in [0.4, 0.5) is 0 Å². The number of hydrogen-bond acceptors (Lipinski definition) is 49. The van der Waals surface area contributed by atoms with Crippen molar-refractivity contribution in [3.8, 4) is 0 Å². The number of carbonyl (C=O) groups excluding carboxylic acids is 10. The van der Waals surface area contributed by atoms with Crippen LogP contribution in [0.2, 0.25) is 0 Å². The summed E-state index contributed by atoms with van der Waals surface area (Å²) >= 11 is 0. The number of Topliss-reactive ketones (excluding diaryl/α,β-unsaturated/α-hetero) is 2. The first kappa shape index (κ1) is 116. The molecule has 0 aromatic carbocycles. The molecule has 0 spiro atoms. The average Bonchev–Trinajstić information content (AvgIpc) is 0.917. The molecule has 8 rings (SSSR count). The number of hydroxylamine groups is 2. The maximum atomic E-state index is 13.8. The van der Waals surface area contributed by atoms with Crippen molar-refractivity contribution in [1.82, 2.24) is 31.6 Å². The van der Waals surface area contributed by atoms with Crippen molar-refractivity contribution in [3.05, 3.63) is 0 Å². The monoisotopic (exact) mass is 1990 g/mol. The highest BCUT2D eigenvalue weighted by molar-refractivity contribution is 6.01. The Hall–Kier alpha value is -6.22. The summed E-state index contributed by atoms with van der Waals surface area (Å²) in [5, 5.41) is 264. The van der Waals surface area contributed by atoms with Gasteiger partial charge in [0.05, 0.1) is 66.1 Å². The van der Waals surface area contributed by atoms with Gasteiger partial charge in [-0.05, 0) is 57.8 Å². The number of rotatable bonds is 57. The van der Waals surface area contributed by atoms with Gasteiger partial charge in [0.2, 0.25) is 29.5 Å². The Balaban J connectivity index is 0.796. The number of nitrogens with one attached hydrogen (secondary N) is 5. The van der Waals surface area contributed by atoms with Gasteiger partial charge < -0.3 is 220 Å². The van der Waals surface area contributed by atoms with Crippen molar-refractivity contribution in [2.75, 3.05) is 85.7 Å². The number of ether oxygens (including phenoxy) is 14. The summed E-state index contributed by atoms with van der Waals surface area (Å²) in [6.45, 7) is -7.32. The quantitative estimate of drug-likeness (QED) is 0.0199. The third-order valence-corrected chi connectivity index (χ3v) is 24.2. The molecule has 0 aliphatic carbocycles. The zero-order valence-electron chi connectivity index (χ0n) is 75.0. The zero-order valence-corrected chi connectivity index (χ0v) is 75.0. The second-order valence-corrected chi connectivity index (χ2v) is 34.4. The van der Waals surface area contributed by atoms with Crippen molar-refractivity contribution < 1.29 is 242 Å². The maximum Gasteiger partial charge on any atom is 0.333 e. The topological polar surface area (TPSA) is 858 Å². The molecule has 0 aromatic rings. The fourth-order valence-electron chi connectivity index (χ4n) is 15.9. The molecule has 0 bridgehead atoms. The van der Waals surface area contributed by atoms with E-state index in [0.717, 1.165) is 0 Å². The molecular weight excluding hydrogens is 1850 g/mol. The zero-order chi connectivity index (χ0) is 101. The first-order valence-corrected chi connectivity index (χ1v) is 45.7. The first-order valence-electron chi connectivity index (χ1n) is 45.7. The van der Waals surface area contributed by atoms with E-state index in [-0.39, 0.29) is 148 Å². The number of carbonyl (C=O) groups is 10. The Kier molecular flexibility index (Phi) is 49.1. The predicted molar refractivity (Wildman–Crippen MR) is 442 cm³/mol. The standard InChI is InChI=1S/C82H136N6O49/c89-29-40-53(102)60(109)65(114)76(128-40)124-28-25-85-75(122)39(20-18-37(95)12-10-26-123-79-70(119)72(135-81-68(117)63(112)56(105)43(32-92)131-81)58(107)45(133-79)34-126-77-66(115)61(110)54(103)41(30-90)129-77)87-48(97)14-6-3-9-23-84-74(121)38(86-49(98)15-7-8-16-52(101)137-88-50(99)21-22-51(88)100)19-17-36(94)11-4-1-2-5-13-47(96)83-24-27-125-80-71(120)73(136-82-69(118)64(113)57(106)44(33-93)132-82)59(108)46(134-80)35-127-78-67(116)62(111)55(104)42(31-91)130-78/h38-46,53-73,76-82,89-93,102-120H,1-35H2,(H,83,96)(H,84,121)(H,85,122)(H,86,98)(H,87,97)/t38-,39?,40+,41+,42+,43+,44+,45+,46+,53+,54+,55+,56+,57+,58+,59+,60-,61-,62-,63-,64-,65-,66-,67-,68-,69-,70-,71-,72-,73-,76-,77-,78-,79-,80-,81+,82+/m0/s1. The van der Waals surface area contributed by atoms with E-state index in [1.807, 2.05) is 0 Å². The van der Waals surface area contributed by atoms with E-state index in [1.54, 1.807) is 0 Å². The van der Waals surface area contributed by atoms with Crippen LogP contribution < -0.4 is 26.6 Å². The normalized spacial score (nSPS) is 36.3. The molecule has 55 heteroatoms. The van der Waals surface area contributed by atoms with Gasteiger partial charge in [-0.3, -0.25) is 43.2 Å². The van der Waals surface area contributed by atoms with Crippen molar-refractivity contribution >= 4 is 58.9 Å². The van der Waals surface area contributed by atoms with Crippen molar-refractivity contribution in [2.24, 2.45) is 0 Å². The van der Waals surface area contributed by atoms with E-state index in [1.165, 1.54) is 0 Å². The van der Waals surface area contributed by atoms with Gasteiger partial charge in [0.15, 0.2) is 44.0 Å². The summed E-state index contributed by atoms with van der Waals surface area (Å²) in [6.07, 6.45) is -61.9. The van der Waals surface area contributed by atoms with E-state index in [9.17, 15) is 171 Å². The lowest BCUT2D eigenvalue weighted by atomic mass is 9.96. The van der Waals surface area contributed by atoms with E-state index in [0.29, 0.717) is 30.7 Å². The minimum Gasteiger partial charge on any atom is -0.394 e. The Morgan fingerprint density at radius 1 is 0.299 bits per heavy atom. The fourth-order valence-corrected chi connectivity index (χ4v) is 15.9. The Bertz CT molecular complexity index is 3680. The molecule has 0 saturated carbocycles. The smallest absolute Gasteiger partial charge is 0.333 e. The molecule has 0 radical (unpaired) electrons. The second kappa shape index (κ2) is 57.9. The van der Waals surface area contributed by atoms with Crippen molar-refractivity contribution in [1.29, 1.82) is 0 Å². The Morgan fingerprint density at radius 2 is 0.606 bits per heavy atom. The Morgan fingerprint density at radius 3 is 1.01 bits per heavy atom. The highest BCUT2D eigenvalue weighted by Crippen LogP contribution is 2.35. The SMILES string of the molecule is O=C(CCCO[C@H]1O[C@H](CO[C@H]2O[C@H](CO)[C@@H](O)[C@H](O)[C@@H]2O)[C@@H](O)[C@H](O[C@H]2O[C@H](CO)[C@@H](O)[C@H](O)[C@@H]2O)[C@@H]1O)CCC(NC(=O)CCCCCNC(=O)[C@H](CCC(=O)CCCCCCC(=O)NCCO[C@H]1O[C@H](CO[C@H]2O[C@H](CO)[C@@H](O)[C@H](O)[C@@H]2O)[C@@H](O)[C@H](O[C@H]2O[C@H](CO)[C@@H](O)[C@H](O)[C@@H]2O)[C@@H]1O)NC(=O)CCCCC(=O)ON1C(=O)CCC1=O)C(=O)NCCO[C@H]1O[C@H](CO)[C@@H](O)[C@H](O)[C@@H]1O. The predicted octanol–water partition coefficient (Wildman–Crippen LogP) is -15.4. The van der Waals surface area contributed by atoms with E-state index in [2.05, 4.69) is 26.6 Å². The molecule has 8 aliphatic heterocycles. The molecule has 137 heavy (non-hydrogen) atoms. The molecule has 1 unspecified atom stereocenters. The number of nitrogens with zero attached hydrogens (tertiary/aromatic N) is 1. The van der Waals surface area contributed by atoms with Gasteiger partial charge in [-0.15, -0.1) is 5.06 Å². The minimum absolute atomic E-state index is 0.00563. The molecular formula is C82H136N6O49. The van der Waals surface area contributed by atoms with Crippen LogP contribution in [0.3, 0.4) is 0 Å². The van der Waals surface area contributed by atoms with Crippen LogP contribution in [0.5, 0.6) is 0 Å². The number of unbranched alkanes of at least 4 members (excludes halogenated alkanes) is 6. The van der Waals surface area contributed by atoms with Gasteiger partial charge in [0.1, 0.15) is 195 Å². The lowest BCUT2D eigenvalue weighted by Crippen LogP contribution is -2.65. The van der Waals surface area contributed by atoms with Crippen molar-refractivity contribution in [3.63, 3.8) is 0 Å². The molecule has 7 amide bonds. The lowest BCUT2D eigenvalue weighted by molar-refractivity contribution is -0.366. The van der Waals surface area contributed by atoms with Crippen LogP contribution in [0.15, 0.2) is 0 Å². The number of aliphatic hydroxyl groups is 24. The minimum atomic E-state index is -2.04. The van der Waals surface area contributed by atoms with Crippen molar-refractivity contribution in [2.45, 2.75) is 368 Å². The van der Waals surface area contributed by atoms with Gasteiger partial charge in [-0.2, -0.15) is 0 Å². The van der Waals surface area contributed by atoms with E-state index >= 15 is 0 Å². The van der Waals surface area contributed by atoms with Crippen LogP contribution >= 0.6 is 0 Å². The largest absolute Gasteiger partial charge is 0.394 e. The lowest BCUT2D eigenvalue weighted by Gasteiger charge is -2.46. The molecule has 788 valence electrons. The summed E-state index contributed by atoms with van der Waals surface area (Å²) in [5.74, 6) is -6.32. The van der Waals surface area contributed by atoms with Gasteiger partial charge in [-0.25, -0.2) is 4.79 Å². The molecule has 8 saturated heterocycles. The fraction of sp³-hybridized carbons (Fsp3) is 0.878. The summed E-state index contributed by atoms with van der Waals surface area (Å²) < 4.78 is 78.1. The Labute approximate surface area is 783 Å². The van der Waals surface area contributed by atoms with Gasteiger partial charge >= 0.3 is 5.97 Å². The summed E-state index contributed by atoms with van der Waals surface area (Å²) in [6, 6.07) is -2.67. The molecule has 8 fully saturated rings. The summed E-state index contributed by atoms with van der Waals surface area (Å²) in [4.78, 5) is 136. The number of aliphatic hydroxyl groups excluding tert-OH is 24. The third-order valence-electron chi connectivity index (χ3n) is 24.2. The third kappa shape index (κ3) is 33.7. The number of hydrogen-bond donors (Lipinski definition) is 29. The number of ketones is 2.